The number of carbonyl (C=O) groups is 1. The Morgan fingerprint density at radius 1 is 1.10 bits per heavy atom. The molecule has 0 radical (unpaired) electrons. The number of anilines is 1. The molecule has 0 aliphatic heterocycles. The summed E-state index contributed by atoms with van der Waals surface area (Å²) in [5.74, 6) is 0.290. The number of hydrogen-bond donors (Lipinski definition) is 1. The summed E-state index contributed by atoms with van der Waals surface area (Å²) in [6, 6.07) is 13.8. The van der Waals surface area contributed by atoms with Crippen LogP contribution in [-0.2, 0) is 4.79 Å². The van der Waals surface area contributed by atoms with Crippen molar-refractivity contribution in [3.05, 3.63) is 58.6 Å². The van der Waals surface area contributed by atoms with E-state index in [0.29, 0.717) is 21.5 Å². The SMILES string of the molecule is C[C@H](Oc1cccc(Cl)c1)C(=O)Nc1cccc(Cl)c1. The summed E-state index contributed by atoms with van der Waals surface area (Å²) in [5.41, 5.74) is 0.629. The molecule has 104 valence electrons. The van der Waals surface area contributed by atoms with Crippen LogP contribution in [0.2, 0.25) is 10.0 Å². The molecule has 0 saturated carbocycles. The van der Waals surface area contributed by atoms with E-state index in [0.717, 1.165) is 0 Å². The van der Waals surface area contributed by atoms with Gasteiger partial charge >= 0.3 is 0 Å². The van der Waals surface area contributed by atoms with E-state index in [9.17, 15) is 4.79 Å². The normalized spacial score (nSPS) is 11.8. The zero-order valence-electron chi connectivity index (χ0n) is 10.8. The number of carbonyl (C=O) groups excluding carboxylic acids is 1. The van der Waals surface area contributed by atoms with Crippen LogP contribution in [0, 0.1) is 0 Å². The summed E-state index contributed by atoms with van der Waals surface area (Å²) in [5, 5.41) is 3.86. The zero-order valence-corrected chi connectivity index (χ0v) is 12.3. The fourth-order valence-corrected chi connectivity index (χ4v) is 1.98. The van der Waals surface area contributed by atoms with Crippen molar-refractivity contribution in [2.24, 2.45) is 0 Å². The van der Waals surface area contributed by atoms with E-state index in [1.807, 2.05) is 0 Å². The van der Waals surface area contributed by atoms with Gasteiger partial charge in [-0.3, -0.25) is 4.79 Å². The maximum Gasteiger partial charge on any atom is 0.265 e. The number of ether oxygens (including phenoxy) is 1. The Kier molecular flexibility index (Phi) is 4.88. The van der Waals surface area contributed by atoms with Crippen molar-refractivity contribution >= 4 is 34.8 Å². The largest absolute Gasteiger partial charge is 0.481 e. The van der Waals surface area contributed by atoms with E-state index in [-0.39, 0.29) is 5.91 Å². The smallest absolute Gasteiger partial charge is 0.265 e. The minimum atomic E-state index is -0.646. The van der Waals surface area contributed by atoms with Gasteiger partial charge in [-0.2, -0.15) is 0 Å². The molecule has 2 aromatic rings. The highest BCUT2D eigenvalue weighted by molar-refractivity contribution is 6.31. The van der Waals surface area contributed by atoms with E-state index in [1.165, 1.54) is 0 Å². The van der Waals surface area contributed by atoms with Crippen LogP contribution in [-0.4, -0.2) is 12.0 Å². The molecule has 1 atom stereocenters. The highest BCUT2D eigenvalue weighted by Crippen LogP contribution is 2.19. The van der Waals surface area contributed by atoms with Crippen LogP contribution in [0.1, 0.15) is 6.92 Å². The second-order valence-electron chi connectivity index (χ2n) is 4.22. The third kappa shape index (κ3) is 4.15. The topological polar surface area (TPSA) is 38.3 Å². The predicted molar refractivity (Wildman–Crippen MR) is 81.6 cm³/mol. The van der Waals surface area contributed by atoms with Gasteiger partial charge in [0.2, 0.25) is 0 Å². The van der Waals surface area contributed by atoms with Gasteiger partial charge in [0.25, 0.3) is 5.91 Å². The van der Waals surface area contributed by atoms with Gasteiger partial charge in [-0.15, -0.1) is 0 Å². The third-order valence-corrected chi connectivity index (χ3v) is 3.04. The Morgan fingerprint density at radius 3 is 2.40 bits per heavy atom. The van der Waals surface area contributed by atoms with Crippen LogP contribution >= 0.6 is 23.2 Å². The van der Waals surface area contributed by atoms with E-state index in [2.05, 4.69) is 5.32 Å². The molecule has 0 fully saturated rings. The van der Waals surface area contributed by atoms with Crippen LogP contribution < -0.4 is 10.1 Å². The highest BCUT2D eigenvalue weighted by Gasteiger charge is 2.15. The molecule has 20 heavy (non-hydrogen) atoms. The van der Waals surface area contributed by atoms with Crippen LogP contribution in [0.25, 0.3) is 0 Å². The summed E-state index contributed by atoms with van der Waals surface area (Å²) in [6.45, 7) is 1.67. The first-order chi connectivity index (χ1) is 9.54. The van der Waals surface area contributed by atoms with Crippen molar-refractivity contribution in [3.63, 3.8) is 0 Å². The Balaban J connectivity index is 1.98. The predicted octanol–water partition coefficient (Wildman–Crippen LogP) is 4.40. The van der Waals surface area contributed by atoms with E-state index in [1.54, 1.807) is 55.5 Å². The van der Waals surface area contributed by atoms with Gasteiger partial charge < -0.3 is 10.1 Å². The van der Waals surface area contributed by atoms with Gasteiger partial charge in [0.15, 0.2) is 6.10 Å². The van der Waals surface area contributed by atoms with Crippen molar-refractivity contribution in [1.29, 1.82) is 0 Å². The standard InChI is InChI=1S/C15H13Cl2NO2/c1-10(20-14-7-3-5-12(17)9-14)15(19)18-13-6-2-4-11(16)8-13/h2-10H,1H3,(H,18,19)/t10-/m0/s1. The number of hydrogen-bond acceptors (Lipinski definition) is 2. The Labute approximate surface area is 127 Å². The minimum absolute atomic E-state index is 0.257. The molecular weight excluding hydrogens is 297 g/mol. The third-order valence-electron chi connectivity index (χ3n) is 2.57. The average molecular weight is 310 g/mol. The van der Waals surface area contributed by atoms with Crippen molar-refractivity contribution in [2.45, 2.75) is 13.0 Å². The molecule has 0 aromatic heterocycles. The maximum atomic E-state index is 12.0. The van der Waals surface area contributed by atoms with E-state index < -0.39 is 6.10 Å². The van der Waals surface area contributed by atoms with Crippen molar-refractivity contribution in [3.8, 4) is 5.75 Å². The number of nitrogens with one attached hydrogen (secondary N) is 1. The van der Waals surface area contributed by atoms with Gasteiger partial charge in [0, 0.05) is 15.7 Å². The molecule has 5 heteroatoms. The molecule has 0 unspecified atom stereocenters. The van der Waals surface area contributed by atoms with Crippen LogP contribution in [0.5, 0.6) is 5.75 Å². The van der Waals surface area contributed by atoms with Crippen molar-refractivity contribution in [1.82, 2.24) is 0 Å². The average Bonchev–Trinajstić information content (AvgIpc) is 2.38. The van der Waals surface area contributed by atoms with Crippen molar-refractivity contribution in [2.75, 3.05) is 5.32 Å². The number of rotatable bonds is 4. The fourth-order valence-electron chi connectivity index (χ4n) is 1.61. The van der Waals surface area contributed by atoms with Crippen molar-refractivity contribution < 1.29 is 9.53 Å². The van der Waals surface area contributed by atoms with E-state index in [4.69, 9.17) is 27.9 Å². The fraction of sp³-hybridized carbons (Fsp3) is 0.133. The molecule has 0 aliphatic rings. The first-order valence-electron chi connectivity index (χ1n) is 6.03. The quantitative estimate of drug-likeness (QED) is 0.909. The summed E-state index contributed by atoms with van der Waals surface area (Å²) in [6.07, 6.45) is -0.646. The second kappa shape index (κ2) is 6.64. The Bertz CT molecular complexity index is 616. The first-order valence-corrected chi connectivity index (χ1v) is 6.79. The molecule has 1 N–H and O–H groups in total. The molecule has 0 bridgehead atoms. The molecule has 2 aromatic carbocycles. The molecule has 2 rings (SSSR count). The van der Waals surface area contributed by atoms with Crippen LogP contribution in [0.3, 0.4) is 0 Å². The minimum Gasteiger partial charge on any atom is -0.481 e. The molecular formula is C15H13Cl2NO2. The molecule has 1 amide bonds. The van der Waals surface area contributed by atoms with Gasteiger partial charge in [-0.1, -0.05) is 35.3 Å². The summed E-state index contributed by atoms with van der Waals surface area (Å²) in [4.78, 5) is 12.0. The molecule has 0 spiro atoms. The lowest BCUT2D eigenvalue weighted by Crippen LogP contribution is -2.30. The number of halogens is 2. The van der Waals surface area contributed by atoms with Crippen LogP contribution in [0.15, 0.2) is 48.5 Å². The van der Waals surface area contributed by atoms with E-state index >= 15 is 0 Å². The lowest BCUT2D eigenvalue weighted by molar-refractivity contribution is -0.122. The zero-order chi connectivity index (χ0) is 14.5. The maximum absolute atomic E-state index is 12.0. The highest BCUT2D eigenvalue weighted by atomic mass is 35.5. The van der Waals surface area contributed by atoms with Gasteiger partial charge in [-0.05, 0) is 43.3 Å². The molecule has 0 saturated heterocycles. The van der Waals surface area contributed by atoms with Crippen LogP contribution in [0.4, 0.5) is 5.69 Å². The Morgan fingerprint density at radius 2 is 1.75 bits per heavy atom. The van der Waals surface area contributed by atoms with Gasteiger partial charge in [0.1, 0.15) is 5.75 Å². The summed E-state index contributed by atoms with van der Waals surface area (Å²) in [7, 11) is 0. The first kappa shape index (κ1) is 14.7. The summed E-state index contributed by atoms with van der Waals surface area (Å²) >= 11 is 11.7. The van der Waals surface area contributed by atoms with Gasteiger partial charge in [0.05, 0.1) is 0 Å². The monoisotopic (exact) mass is 309 g/mol. The molecule has 0 aliphatic carbocycles. The molecule has 3 nitrogen and oxygen atoms in total. The lowest BCUT2D eigenvalue weighted by Gasteiger charge is -2.15. The second-order valence-corrected chi connectivity index (χ2v) is 5.09. The number of benzene rings is 2. The number of amides is 1. The van der Waals surface area contributed by atoms with Gasteiger partial charge in [-0.25, -0.2) is 0 Å². The Hall–Kier alpha value is -1.71. The molecule has 0 heterocycles. The lowest BCUT2D eigenvalue weighted by atomic mass is 10.3. The summed E-state index contributed by atoms with van der Waals surface area (Å²) < 4.78 is 5.53.